The summed E-state index contributed by atoms with van der Waals surface area (Å²) in [6.45, 7) is 5.77. The van der Waals surface area contributed by atoms with E-state index in [0.717, 1.165) is 0 Å². The van der Waals surface area contributed by atoms with Crippen molar-refractivity contribution in [3.8, 4) is 11.5 Å². The monoisotopic (exact) mass is 361 g/mol. The van der Waals surface area contributed by atoms with Crippen LogP contribution in [0.15, 0.2) is 24.3 Å². The molecule has 25 heavy (non-hydrogen) atoms. The summed E-state index contributed by atoms with van der Waals surface area (Å²) >= 11 is 0. The minimum absolute atomic E-state index is 0.0689. The van der Waals surface area contributed by atoms with E-state index >= 15 is 0 Å². The quantitative estimate of drug-likeness (QED) is 0.284. The molecule has 0 saturated carbocycles. The van der Waals surface area contributed by atoms with Gasteiger partial charge in [-0.15, -0.1) is 0 Å². The zero-order chi connectivity index (χ0) is 19.2. The van der Waals surface area contributed by atoms with Gasteiger partial charge in [0.05, 0.1) is 19.3 Å². The Labute approximate surface area is 149 Å². The smallest absolute Gasteiger partial charge is 0.249 e. The maximum Gasteiger partial charge on any atom is 0.249 e. The molecular weight excluding hydrogens is 330 g/mol. The van der Waals surface area contributed by atoms with Gasteiger partial charge in [-0.05, 0) is 38.2 Å². The van der Waals surface area contributed by atoms with Crippen molar-refractivity contribution in [1.29, 1.82) is 0 Å². The van der Waals surface area contributed by atoms with Gasteiger partial charge < -0.3 is 40.0 Å². The highest BCUT2D eigenvalue weighted by Gasteiger charge is 2.28. The number of rotatable bonds is 11. The number of likely N-dealkylation sites (N-methyl/N-ethyl adjacent to an activating group) is 1. The van der Waals surface area contributed by atoms with Crippen LogP contribution in [0.25, 0.3) is 0 Å². The summed E-state index contributed by atoms with van der Waals surface area (Å²) in [5.41, 5.74) is 0. The van der Waals surface area contributed by atoms with Crippen molar-refractivity contribution in [3.05, 3.63) is 24.3 Å². The molecule has 4 atom stereocenters. The number of aromatic hydroxyl groups is 1. The first-order chi connectivity index (χ1) is 12.0. The molecule has 0 spiro atoms. The second kappa shape index (κ2) is 13.8. The van der Waals surface area contributed by atoms with Crippen molar-refractivity contribution in [2.75, 3.05) is 26.8 Å². The molecule has 1 aromatic carbocycles. The van der Waals surface area contributed by atoms with Crippen LogP contribution in [0.3, 0.4) is 0 Å². The molecule has 0 fully saturated rings. The second-order valence-electron chi connectivity index (χ2n) is 4.94. The van der Waals surface area contributed by atoms with Gasteiger partial charge >= 0.3 is 0 Å². The number of nitrogens with one attached hydrogen (secondary N) is 1. The largest absolute Gasteiger partial charge is 0.508 e. The van der Waals surface area contributed by atoms with Gasteiger partial charge in [-0.25, -0.2) is 0 Å². The van der Waals surface area contributed by atoms with Crippen LogP contribution in [0.4, 0.5) is 0 Å². The molecule has 0 aliphatic heterocycles. The Morgan fingerprint density at radius 2 is 1.72 bits per heavy atom. The van der Waals surface area contributed by atoms with Crippen molar-refractivity contribution in [2.24, 2.45) is 0 Å². The van der Waals surface area contributed by atoms with Gasteiger partial charge in [0.1, 0.15) is 17.6 Å². The number of aliphatic hydroxyl groups is 3. The molecule has 0 aliphatic carbocycles. The average Bonchev–Trinajstić information content (AvgIpc) is 2.61. The molecule has 8 heteroatoms. The van der Waals surface area contributed by atoms with Crippen LogP contribution in [0.1, 0.15) is 20.8 Å². The average molecular weight is 361 g/mol. The topological polar surface area (TPSA) is 121 Å². The van der Waals surface area contributed by atoms with Crippen LogP contribution in [0.2, 0.25) is 0 Å². The van der Waals surface area contributed by atoms with Gasteiger partial charge in [-0.2, -0.15) is 0 Å². The van der Waals surface area contributed by atoms with Crippen LogP contribution in [-0.4, -0.2) is 72.0 Å². The van der Waals surface area contributed by atoms with Gasteiger partial charge in [0, 0.05) is 6.54 Å². The van der Waals surface area contributed by atoms with E-state index in [1.807, 2.05) is 13.8 Å². The first-order valence-corrected chi connectivity index (χ1v) is 8.32. The van der Waals surface area contributed by atoms with E-state index in [9.17, 15) is 20.4 Å². The number of hydrogen-bond acceptors (Lipinski definition) is 8. The standard InChI is InChI=1S/C15H25NO7.C2H6/c1-10(18)13(9-17)23-15(21-8-7-16-2)14(20)22-12-5-3-11(19)4-6-12;1-2/h3-6,10,13-20H,7-9H2,1-2H3;1-2H3/t10?,13?,14-,15?;/m1./s1. The Hall–Kier alpha value is -1.42. The predicted octanol–water partition coefficient (Wildman–Crippen LogP) is 0.436. The zero-order valence-electron chi connectivity index (χ0n) is 15.3. The molecule has 1 aromatic rings. The van der Waals surface area contributed by atoms with E-state index in [4.69, 9.17) is 14.2 Å². The maximum atomic E-state index is 10.1. The summed E-state index contributed by atoms with van der Waals surface area (Å²) in [4.78, 5) is 0. The molecule has 0 radical (unpaired) electrons. The lowest BCUT2D eigenvalue weighted by atomic mass is 10.2. The Bertz CT molecular complexity index is 428. The fourth-order valence-electron chi connectivity index (χ4n) is 1.67. The Kier molecular flexibility index (Phi) is 13.0. The molecule has 5 N–H and O–H groups in total. The number of hydrogen-bond donors (Lipinski definition) is 5. The number of aliphatic hydroxyl groups excluding tert-OH is 3. The lowest BCUT2D eigenvalue weighted by Gasteiger charge is -2.28. The van der Waals surface area contributed by atoms with Crippen LogP contribution >= 0.6 is 0 Å². The molecule has 0 saturated heterocycles. The minimum Gasteiger partial charge on any atom is -0.508 e. The molecule has 0 heterocycles. The van der Waals surface area contributed by atoms with Gasteiger partial charge in [0.25, 0.3) is 0 Å². The summed E-state index contributed by atoms with van der Waals surface area (Å²) < 4.78 is 16.1. The van der Waals surface area contributed by atoms with E-state index in [0.29, 0.717) is 12.3 Å². The molecule has 3 unspecified atom stereocenters. The third kappa shape index (κ3) is 9.59. The molecule has 1 rings (SSSR count). The van der Waals surface area contributed by atoms with Gasteiger partial charge in [-0.3, -0.25) is 0 Å². The van der Waals surface area contributed by atoms with Crippen LogP contribution < -0.4 is 10.1 Å². The first kappa shape index (κ1) is 23.6. The highest BCUT2D eigenvalue weighted by Crippen LogP contribution is 2.19. The minimum atomic E-state index is -1.48. The third-order valence-corrected chi connectivity index (χ3v) is 2.99. The second-order valence-corrected chi connectivity index (χ2v) is 4.94. The van der Waals surface area contributed by atoms with Crippen LogP contribution in [0, 0.1) is 0 Å². The van der Waals surface area contributed by atoms with E-state index in [2.05, 4.69) is 5.32 Å². The summed E-state index contributed by atoms with van der Waals surface area (Å²) in [6.07, 6.45) is -4.56. The van der Waals surface area contributed by atoms with Gasteiger partial charge in [0.15, 0.2) is 0 Å². The van der Waals surface area contributed by atoms with Crippen molar-refractivity contribution < 1.29 is 34.6 Å². The van der Waals surface area contributed by atoms with Crippen LogP contribution in [-0.2, 0) is 9.47 Å². The highest BCUT2D eigenvalue weighted by atomic mass is 16.7. The molecule has 0 aliphatic rings. The van der Waals surface area contributed by atoms with Crippen molar-refractivity contribution >= 4 is 0 Å². The molecule has 146 valence electrons. The van der Waals surface area contributed by atoms with Crippen molar-refractivity contribution in [3.63, 3.8) is 0 Å². The van der Waals surface area contributed by atoms with Crippen molar-refractivity contribution in [1.82, 2.24) is 5.32 Å². The summed E-state index contributed by atoms with van der Waals surface area (Å²) in [5.74, 6) is 0.373. The third-order valence-electron chi connectivity index (χ3n) is 2.99. The van der Waals surface area contributed by atoms with E-state index in [1.165, 1.54) is 31.2 Å². The highest BCUT2D eigenvalue weighted by molar-refractivity contribution is 5.30. The van der Waals surface area contributed by atoms with Gasteiger partial charge in [-0.1, -0.05) is 13.8 Å². The fourth-order valence-corrected chi connectivity index (χ4v) is 1.67. The predicted molar refractivity (Wildman–Crippen MR) is 93.4 cm³/mol. The molecule has 0 bridgehead atoms. The summed E-state index contributed by atoms with van der Waals surface area (Å²) in [6, 6.07) is 5.76. The molecule has 0 amide bonds. The Morgan fingerprint density at radius 1 is 1.12 bits per heavy atom. The lowest BCUT2D eigenvalue weighted by Crippen LogP contribution is -2.43. The number of benzene rings is 1. The van der Waals surface area contributed by atoms with Gasteiger partial charge in [0.2, 0.25) is 12.6 Å². The lowest BCUT2D eigenvalue weighted by molar-refractivity contribution is -0.272. The van der Waals surface area contributed by atoms with E-state index in [1.54, 1.807) is 7.05 Å². The SMILES string of the molecule is CC.CNCCOC(OC(CO)C(C)O)[C@H](O)Oc1ccc(O)cc1. The molecular formula is C17H31NO7. The summed E-state index contributed by atoms with van der Waals surface area (Å²) in [5, 5.41) is 41.0. The Balaban J connectivity index is 0.00000277. The number of phenolic OH excluding ortho intramolecular Hbond substituents is 1. The molecule has 0 aromatic heterocycles. The van der Waals surface area contributed by atoms with E-state index in [-0.39, 0.29) is 12.4 Å². The normalized spacial score (nSPS) is 15.5. The molecule has 8 nitrogen and oxygen atoms in total. The van der Waals surface area contributed by atoms with Crippen LogP contribution in [0.5, 0.6) is 11.5 Å². The number of ether oxygens (including phenoxy) is 3. The number of phenols is 1. The summed E-state index contributed by atoms with van der Waals surface area (Å²) in [7, 11) is 1.74. The zero-order valence-corrected chi connectivity index (χ0v) is 15.3. The fraction of sp³-hybridized carbons (Fsp3) is 0.647. The maximum absolute atomic E-state index is 10.1. The van der Waals surface area contributed by atoms with Crippen molar-refractivity contribution in [2.45, 2.75) is 45.6 Å². The van der Waals surface area contributed by atoms with E-state index < -0.39 is 31.4 Å². The Morgan fingerprint density at radius 3 is 2.20 bits per heavy atom. The first-order valence-electron chi connectivity index (χ1n) is 8.32.